The molecule has 0 spiro atoms. The highest BCUT2D eigenvalue weighted by atomic mass is 28.3. The maximum Gasteiger partial charge on any atom is 0.172 e. The van der Waals surface area contributed by atoms with Crippen molar-refractivity contribution in [3.8, 4) is 28.6 Å². The minimum absolute atomic E-state index is 0.0240. The lowest BCUT2D eigenvalue weighted by Crippen LogP contribution is -2.24. The van der Waals surface area contributed by atoms with Crippen molar-refractivity contribution in [3.05, 3.63) is 65.4 Å². The van der Waals surface area contributed by atoms with Crippen LogP contribution in [0.1, 0.15) is 39.8 Å². The predicted octanol–water partition coefficient (Wildman–Crippen LogP) is 5.81. The number of nitrogens with zero attached hydrogens (tertiary/aromatic N) is 5. The van der Waals surface area contributed by atoms with Gasteiger partial charge in [0.2, 0.25) is 0 Å². The molecule has 0 saturated heterocycles. The number of pyridine rings is 1. The molecular weight excluding hydrogens is 548 g/mol. The molecule has 1 aromatic carbocycles. The highest BCUT2D eigenvalue weighted by Crippen LogP contribution is 2.38. The first kappa shape index (κ1) is 28.2. The molecule has 0 aliphatic carbocycles. The lowest BCUT2D eigenvalue weighted by molar-refractivity contribution is 0.0830. The topological polar surface area (TPSA) is 105 Å². The van der Waals surface area contributed by atoms with Crippen LogP contribution in [-0.2, 0) is 24.9 Å². The van der Waals surface area contributed by atoms with Crippen molar-refractivity contribution in [3.63, 3.8) is 0 Å². The molecule has 6 rings (SSSR count). The summed E-state index contributed by atoms with van der Waals surface area (Å²) in [5.41, 5.74) is 4.32. The molecular formula is C31H38N6O4Si. The number of anilines is 1. The van der Waals surface area contributed by atoms with E-state index in [9.17, 15) is 4.79 Å². The summed E-state index contributed by atoms with van der Waals surface area (Å²) in [5.74, 6) is 3.54. The Hall–Kier alpha value is -3.96. The maximum atomic E-state index is 12.6. The largest absolute Gasteiger partial charge is 0.493 e. The van der Waals surface area contributed by atoms with Crippen LogP contribution in [-0.4, -0.2) is 57.9 Å². The summed E-state index contributed by atoms with van der Waals surface area (Å²) in [5, 5.41) is 7.71. The Kier molecular flexibility index (Phi) is 7.63. The van der Waals surface area contributed by atoms with Crippen LogP contribution in [0.15, 0.2) is 42.7 Å². The van der Waals surface area contributed by atoms with Crippen molar-refractivity contribution < 1.29 is 19.0 Å². The van der Waals surface area contributed by atoms with Crippen molar-refractivity contribution >= 4 is 19.7 Å². The number of aryl methyl sites for hydroxylation is 2. The van der Waals surface area contributed by atoms with Gasteiger partial charge in [0.25, 0.3) is 0 Å². The SMILES string of the molecule is Cc1cc(-c2cn(COCC[Si](C)(C)C)c(C3COc4ccc(Oc5ccnc6c5C(=O)CCN6)cc4C3)n2)n(C)n1. The highest BCUT2D eigenvalue weighted by molar-refractivity contribution is 6.76. The molecule has 3 aromatic heterocycles. The maximum absolute atomic E-state index is 12.6. The molecule has 5 heterocycles. The minimum Gasteiger partial charge on any atom is -0.493 e. The molecule has 1 N–H and O–H groups in total. The van der Waals surface area contributed by atoms with Gasteiger partial charge < -0.3 is 24.1 Å². The first-order valence-electron chi connectivity index (χ1n) is 14.5. The first-order valence-corrected chi connectivity index (χ1v) is 18.2. The third-order valence-electron chi connectivity index (χ3n) is 7.67. The molecule has 0 radical (unpaired) electrons. The molecule has 0 amide bonds. The average molecular weight is 587 g/mol. The minimum atomic E-state index is -1.20. The normalized spacial score (nSPS) is 16.4. The molecule has 1 unspecified atom stereocenters. The number of Topliss-reactive ketones (excluding diaryl/α,β-unsaturated/α-hetero) is 1. The zero-order chi connectivity index (χ0) is 29.4. The van der Waals surface area contributed by atoms with E-state index in [2.05, 4.69) is 51.9 Å². The molecule has 11 heteroatoms. The summed E-state index contributed by atoms with van der Waals surface area (Å²) >= 11 is 0. The van der Waals surface area contributed by atoms with Gasteiger partial charge >= 0.3 is 0 Å². The van der Waals surface area contributed by atoms with Gasteiger partial charge in [-0.15, -0.1) is 0 Å². The number of nitrogens with one attached hydrogen (secondary N) is 1. The summed E-state index contributed by atoms with van der Waals surface area (Å²) < 4.78 is 22.6. The van der Waals surface area contributed by atoms with Gasteiger partial charge in [-0.3, -0.25) is 9.48 Å². The Morgan fingerprint density at radius 3 is 2.83 bits per heavy atom. The Morgan fingerprint density at radius 2 is 2.05 bits per heavy atom. The number of hydrogen-bond donors (Lipinski definition) is 1. The third-order valence-corrected chi connectivity index (χ3v) is 9.37. The summed E-state index contributed by atoms with van der Waals surface area (Å²) in [6.45, 7) is 11.3. The van der Waals surface area contributed by atoms with Gasteiger partial charge in [-0.1, -0.05) is 19.6 Å². The third kappa shape index (κ3) is 5.98. The number of carbonyl (C=O) groups excluding carboxylic acids is 1. The van der Waals surface area contributed by atoms with Crippen LogP contribution in [0.2, 0.25) is 25.7 Å². The molecule has 1 atom stereocenters. The first-order chi connectivity index (χ1) is 20.1. The fourth-order valence-corrected chi connectivity index (χ4v) is 6.21. The standard InChI is InChI=1S/C31H38N6O4Si/c1-20-14-25(36(2)35-20)24-17-37(19-39-12-13-42(3,4)5)31(34-24)22-15-21-16-23(6-7-27(21)40-18-22)41-28-9-11-33-30-29(28)26(38)8-10-32-30/h6-7,9,11,14,16-17,22H,8,10,12-13,15,18-19H2,1-5H3,(H,32,33). The van der Waals surface area contributed by atoms with Crippen molar-refractivity contribution in [2.24, 2.45) is 7.05 Å². The van der Waals surface area contributed by atoms with Crippen LogP contribution in [0.3, 0.4) is 0 Å². The van der Waals surface area contributed by atoms with Gasteiger partial charge in [0.15, 0.2) is 5.78 Å². The molecule has 4 aromatic rings. The Bertz CT molecular complexity index is 1620. The van der Waals surface area contributed by atoms with Crippen LogP contribution in [0.5, 0.6) is 17.2 Å². The predicted molar refractivity (Wildman–Crippen MR) is 163 cm³/mol. The Balaban J connectivity index is 1.26. The number of hydrogen-bond acceptors (Lipinski definition) is 8. The van der Waals surface area contributed by atoms with Crippen LogP contribution in [0.25, 0.3) is 11.4 Å². The number of rotatable bonds is 9. The molecule has 0 bridgehead atoms. The zero-order valence-corrected chi connectivity index (χ0v) is 25.9. The lowest BCUT2D eigenvalue weighted by Gasteiger charge is -2.26. The van der Waals surface area contributed by atoms with Crippen LogP contribution >= 0.6 is 0 Å². The van der Waals surface area contributed by atoms with Gasteiger partial charge in [0, 0.05) is 53.2 Å². The van der Waals surface area contributed by atoms with E-state index in [0.717, 1.165) is 53.3 Å². The summed E-state index contributed by atoms with van der Waals surface area (Å²) in [6.07, 6.45) is 4.87. The quantitative estimate of drug-likeness (QED) is 0.194. The number of ketones is 1. The average Bonchev–Trinajstić information content (AvgIpc) is 3.52. The number of carbonyl (C=O) groups is 1. The van der Waals surface area contributed by atoms with E-state index in [1.165, 1.54) is 0 Å². The fraction of sp³-hybridized carbons (Fsp3) is 0.419. The van der Waals surface area contributed by atoms with E-state index in [-0.39, 0.29) is 11.7 Å². The smallest absolute Gasteiger partial charge is 0.172 e. The number of fused-ring (bicyclic) bond motifs is 2. The van der Waals surface area contributed by atoms with Crippen LogP contribution in [0, 0.1) is 6.92 Å². The summed E-state index contributed by atoms with van der Waals surface area (Å²) in [7, 11) is 0.743. The number of aromatic nitrogens is 5. The van der Waals surface area contributed by atoms with E-state index >= 15 is 0 Å². The van der Waals surface area contributed by atoms with Gasteiger partial charge in [-0.2, -0.15) is 5.10 Å². The van der Waals surface area contributed by atoms with E-state index in [1.807, 2.05) is 36.9 Å². The molecule has 2 aliphatic heterocycles. The number of benzene rings is 1. The van der Waals surface area contributed by atoms with Crippen molar-refractivity contribution in [1.29, 1.82) is 0 Å². The van der Waals surface area contributed by atoms with Gasteiger partial charge in [-0.25, -0.2) is 9.97 Å². The molecule has 42 heavy (non-hydrogen) atoms. The Morgan fingerprint density at radius 1 is 1.19 bits per heavy atom. The van der Waals surface area contributed by atoms with Gasteiger partial charge in [0.05, 0.1) is 23.9 Å². The molecule has 0 saturated carbocycles. The van der Waals surface area contributed by atoms with Crippen LogP contribution < -0.4 is 14.8 Å². The van der Waals surface area contributed by atoms with Gasteiger partial charge in [-0.05, 0) is 49.2 Å². The lowest BCUT2D eigenvalue weighted by atomic mass is 9.95. The number of imidazole rings is 1. The van der Waals surface area contributed by atoms with E-state index in [0.29, 0.717) is 49.2 Å². The highest BCUT2D eigenvalue weighted by Gasteiger charge is 2.28. The van der Waals surface area contributed by atoms with Crippen molar-refractivity contribution in [2.45, 2.75) is 58.1 Å². The second-order valence-electron chi connectivity index (χ2n) is 12.3. The monoisotopic (exact) mass is 586 g/mol. The molecule has 220 valence electrons. The fourth-order valence-electron chi connectivity index (χ4n) is 5.45. The second kappa shape index (κ2) is 11.4. The van der Waals surface area contributed by atoms with E-state index in [4.69, 9.17) is 19.2 Å². The molecule has 2 aliphatic rings. The second-order valence-corrected chi connectivity index (χ2v) is 17.9. The summed E-state index contributed by atoms with van der Waals surface area (Å²) in [4.78, 5) is 22.0. The van der Waals surface area contributed by atoms with E-state index < -0.39 is 8.07 Å². The Labute approximate surface area is 247 Å². The van der Waals surface area contributed by atoms with Crippen LogP contribution in [0.4, 0.5) is 5.82 Å². The van der Waals surface area contributed by atoms with Gasteiger partial charge in [0.1, 0.15) is 46.9 Å². The summed E-state index contributed by atoms with van der Waals surface area (Å²) in [6, 6.07) is 10.7. The zero-order valence-electron chi connectivity index (χ0n) is 24.9. The molecule has 10 nitrogen and oxygen atoms in total. The van der Waals surface area contributed by atoms with Crippen molar-refractivity contribution in [1.82, 2.24) is 24.3 Å². The van der Waals surface area contributed by atoms with E-state index in [1.54, 1.807) is 12.3 Å². The van der Waals surface area contributed by atoms with Crippen molar-refractivity contribution in [2.75, 3.05) is 25.1 Å². The molecule has 0 fully saturated rings. The number of ether oxygens (including phenoxy) is 3.